The predicted octanol–water partition coefficient (Wildman–Crippen LogP) is 4.64. The minimum Gasteiger partial charge on any atom is -0.494 e. The molecule has 0 radical (unpaired) electrons. The Bertz CT molecular complexity index is 789. The summed E-state index contributed by atoms with van der Waals surface area (Å²) in [6.45, 7) is 9.47. The maximum Gasteiger partial charge on any atom is 0.240 e. The summed E-state index contributed by atoms with van der Waals surface area (Å²) >= 11 is 0. The maximum absolute atomic E-state index is 12.5. The first kappa shape index (κ1) is 20.5. The summed E-state index contributed by atoms with van der Waals surface area (Å²) in [5.41, 5.74) is 2.24. The van der Waals surface area contributed by atoms with Gasteiger partial charge >= 0.3 is 0 Å². The zero-order valence-electron chi connectivity index (χ0n) is 16.1. The van der Waals surface area contributed by atoms with Gasteiger partial charge in [0.25, 0.3) is 0 Å². The third-order valence-corrected chi connectivity index (χ3v) is 5.60. The minimum atomic E-state index is -3.54. The van der Waals surface area contributed by atoms with E-state index in [1.165, 1.54) is 5.56 Å². The molecule has 0 atom stereocenters. The smallest absolute Gasteiger partial charge is 0.240 e. The van der Waals surface area contributed by atoms with Crippen LogP contribution in [0.15, 0.2) is 53.4 Å². The highest BCUT2D eigenvalue weighted by molar-refractivity contribution is 7.89. The molecular weight excluding hydrogens is 346 g/mol. The summed E-state index contributed by atoms with van der Waals surface area (Å²) < 4.78 is 33.1. The van der Waals surface area contributed by atoms with Gasteiger partial charge in [-0.2, -0.15) is 0 Å². The molecule has 0 aliphatic rings. The van der Waals surface area contributed by atoms with Crippen molar-refractivity contribution >= 4 is 10.0 Å². The van der Waals surface area contributed by atoms with Crippen LogP contribution in [0.5, 0.6) is 5.75 Å². The lowest BCUT2D eigenvalue weighted by Crippen LogP contribution is -2.23. The van der Waals surface area contributed by atoms with Crippen LogP contribution < -0.4 is 9.46 Å². The van der Waals surface area contributed by atoms with Crippen LogP contribution in [-0.2, 0) is 22.0 Å². The molecule has 5 heteroatoms. The molecule has 0 aliphatic carbocycles. The zero-order chi connectivity index (χ0) is 19.2. The van der Waals surface area contributed by atoms with Crippen molar-refractivity contribution in [1.29, 1.82) is 0 Å². The second-order valence-electron chi connectivity index (χ2n) is 7.44. The highest BCUT2D eigenvalue weighted by atomic mass is 32.2. The lowest BCUT2D eigenvalue weighted by Gasteiger charge is -2.19. The lowest BCUT2D eigenvalue weighted by atomic mass is 9.87. The lowest BCUT2D eigenvalue weighted by molar-refractivity contribution is 0.309. The van der Waals surface area contributed by atoms with E-state index in [1.807, 2.05) is 24.3 Å². The van der Waals surface area contributed by atoms with E-state index in [0.717, 1.165) is 18.4 Å². The van der Waals surface area contributed by atoms with Crippen LogP contribution in [0.1, 0.15) is 51.7 Å². The second-order valence-corrected chi connectivity index (χ2v) is 9.21. The Morgan fingerprint density at radius 2 is 1.58 bits per heavy atom. The molecule has 0 saturated carbocycles. The van der Waals surface area contributed by atoms with Gasteiger partial charge in [0.05, 0.1) is 11.5 Å². The fourth-order valence-electron chi connectivity index (χ4n) is 2.43. The van der Waals surface area contributed by atoms with Gasteiger partial charge in [-0.3, -0.25) is 0 Å². The average molecular weight is 376 g/mol. The van der Waals surface area contributed by atoms with Crippen LogP contribution >= 0.6 is 0 Å². The molecule has 0 unspecified atom stereocenters. The van der Waals surface area contributed by atoms with Gasteiger partial charge in [-0.1, -0.05) is 58.4 Å². The van der Waals surface area contributed by atoms with Gasteiger partial charge in [-0.25, -0.2) is 13.1 Å². The first-order chi connectivity index (χ1) is 12.2. The van der Waals surface area contributed by atoms with Crippen molar-refractivity contribution < 1.29 is 13.2 Å². The Kier molecular flexibility index (Phi) is 6.84. The van der Waals surface area contributed by atoms with Crippen LogP contribution in [-0.4, -0.2) is 15.0 Å². The molecule has 0 heterocycles. The molecule has 0 amide bonds. The van der Waals surface area contributed by atoms with E-state index in [0.29, 0.717) is 12.4 Å². The Balaban J connectivity index is 1.98. The predicted molar refractivity (Wildman–Crippen MR) is 106 cm³/mol. The molecule has 2 aromatic carbocycles. The molecule has 0 spiro atoms. The summed E-state index contributed by atoms with van der Waals surface area (Å²) in [6, 6.07) is 14.6. The molecule has 4 nitrogen and oxygen atoms in total. The average Bonchev–Trinajstić information content (AvgIpc) is 2.60. The Hall–Kier alpha value is -1.85. The van der Waals surface area contributed by atoms with Gasteiger partial charge in [-0.05, 0) is 47.2 Å². The third-order valence-electron chi connectivity index (χ3n) is 4.19. The zero-order valence-corrected chi connectivity index (χ0v) is 16.9. The van der Waals surface area contributed by atoms with Gasteiger partial charge < -0.3 is 4.74 Å². The van der Waals surface area contributed by atoms with E-state index in [1.54, 1.807) is 24.3 Å². The van der Waals surface area contributed by atoms with Crippen molar-refractivity contribution in [3.8, 4) is 5.75 Å². The van der Waals surface area contributed by atoms with Gasteiger partial charge in [-0.15, -0.1) is 0 Å². The molecule has 0 saturated heterocycles. The van der Waals surface area contributed by atoms with Crippen molar-refractivity contribution in [3.05, 3.63) is 59.7 Å². The Morgan fingerprint density at radius 3 is 2.12 bits per heavy atom. The van der Waals surface area contributed by atoms with Crippen molar-refractivity contribution in [3.63, 3.8) is 0 Å². The van der Waals surface area contributed by atoms with Gasteiger partial charge in [0.15, 0.2) is 0 Å². The van der Waals surface area contributed by atoms with Crippen LogP contribution in [0.2, 0.25) is 0 Å². The van der Waals surface area contributed by atoms with Gasteiger partial charge in [0.2, 0.25) is 10.0 Å². The van der Waals surface area contributed by atoms with Crippen LogP contribution in [0.25, 0.3) is 0 Å². The summed E-state index contributed by atoms with van der Waals surface area (Å²) in [4.78, 5) is 0.242. The van der Waals surface area contributed by atoms with Gasteiger partial charge in [0, 0.05) is 6.54 Å². The molecule has 2 aromatic rings. The Labute approximate surface area is 157 Å². The largest absolute Gasteiger partial charge is 0.494 e. The molecule has 1 N–H and O–H groups in total. The monoisotopic (exact) mass is 375 g/mol. The van der Waals surface area contributed by atoms with Crippen molar-refractivity contribution in [2.45, 2.75) is 57.4 Å². The normalized spacial score (nSPS) is 12.2. The fraction of sp³-hybridized carbons (Fsp3) is 0.429. The standard InChI is InChI=1S/C21H29NO3S/c1-5-6-15-25-19-11-13-20(14-12-19)26(23,24)22-16-17-7-9-18(10-8-17)21(2,3)4/h7-14,22H,5-6,15-16H2,1-4H3. The molecule has 0 bridgehead atoms. The quantitative estimate of drug-likeness (QED) is 0.684. The number of unbranched alkanes of at least 4 members (excludes halogenated alkanes) is 1. The topological polar surface area (TPSA) is 55.4 Å². The van der Waals surface area contributed by atoms with Crippen LogP contribution in [0.3, 0.4) is 0 Å². The van der Waals surface area contributed by atoms with Crippen molar-refractivity contribution in [2.75, 3.05) is 6.61 Å². The van der Waals surface area contributed by atoms with E-state index in [4.69, 9.17) is 4.74 Å². The summed E-state index contributed by atoms with van der Waals surface area (Å²) in [7, 11) is -3.54. The van der Waals surface area contributed by atoms with E-state index >= 15 is 0 Å². The molecule has 0 fully saturated rings. The first-order valence-electron chi connectivity index (χ1n) is 9.04. The maximum atomic E-state index is 12.5. The molecule has 2 rings (SSSR count). The van der Waals surface area contributed by atoms with E-state index in [9.17, 15) is 8.42 Å². The molecule has 26 heavy (non-hydrogen) atoms. The van der Waals surface area contributed by atoms with E-state index in [-0.39, 0.29) is 16.9 Å². The third kappa shape index (κ3) is 5.85. The number of sulfonamides is 1. The van der Waals surface area contributed by atoms with Gasteiger partial charge in [0.1, 0.15) is 5.75 Å². The Morgan fingerprint density at radius 1 is 0.962 bits per heavy atom. The van der Waals surface area contributed by atoms with Crippen molar-refractivity contribution in [2.24, 2.45) is 0 Å². The summed E-state index contributed by atoms with van der Waals surface area (Å²) in [5.74, 6) is 0.690. The van der Waals surface area contributed by atoms with Crippen LogP contribution in [0.4, 0.5) is 0 Å². The fourth-order valence-corrected chi connectivity index (χ4v) is 3.45. The number of nitrogens with one attached hydrogen (secondary N) is 1. The number of rotatable bonds is 8. The molecular formula is C21H29NO3S. The summed E-state index contributed by atoms with van der Waals surface area (Å²) in [6.07, 6.45) is 2.04. The van der Waals surface area contributed by atoms with E-state index < -0.39 is 10.0 Å². The first-order valence-corrected chi connectivity index (χ1v) is 10.5. The molecule has 0 aliphatic heterocycles. The highest BCUT2D eigenvalue weighted by Gasteiger charge is 2.15. The SMILES string of the molecule is CCCCOc1ccc(S(=O)(=O)NCc2ccc(C(C)(C)C)cc2)cc1. The molecule has 142 valence electrons. The highest BCUT2D eigenvalue weighted by Crippen LogP contribution is 2.22. The molecule has 0 aromatic heterocycles. The number of hydrogen-bond donors (Lipinski definition) is 1. The second kappa shape index (κ2) is 8.69. The van der Waals surface area contributed by atoms with Crippen LogP contribution in [0, 0.1) is 0 Å². The van der Waals surface area contributed by atoms with Crippen molar-refractivity contribution in [1.82, 2.24) is 4.72 Å². The number of benzene rings is 2. The minimum absolute atomic E-state index is 0.0823. The number of ether oxygens (including phenoxy) is 1. The number of hydrogen-bond acceptors (Lipinski definition) is 3. The van der Waals surface area contributed by atoms with E-state index in [2.05, 4.69) is 32.4 Å². The summed E-state index contributed by atoms with van der Waals surface area (Å²) in [5, 5.41) is 0.